The lowest BCUT2D eigenvalue weighted by molar-refractivity contribution is 0.251. The van der Waals surface area contributed by atoms with Gasteiger partial charge in [0.05, 0.1) is 0 Å². The van der Waals surface area contributed by atoms with Gasteiger partial charge in [-0.1, -0.05) is 68.9 Å². The summed E-state index contributed by atoms with van der Waals surface area (Å²) in [6, 6.07) is 11.3. The maximum atomic E-state index is 3.96. The quantitative estimate of drug-likeness (QED) is 0.483. The summed E-state index contributed by atoms with van der Waals surface area (Å²) < 4.78 is 0. The molecule has 0 aliphatic heterocycles. The van der Waals surface area contributed by atoms with Gasteiger partial charge in [0.2, 0.25) is 0 Å². The smallest absolute Gasteiger partial charge is 0.0211 e. The van der Waals surface area contributed by atoms with Crippen molar-refractivity contribution >= 4 is 0 Å². The first-order valence-corrected chi connectivity index (χ1v) is 12.4. The van der Waals surface area contributed by atoms with E-state index in [1.807, 2.05) is 0 Å². The van der Waals surface area contributed by atoms with E-state index in [2.05, 4.69) is 41.0 Å². The van der Waals surface area contributed by atoms with Gasteiger partial charge in [0.15, 0.2) is 0 Å². The molecule has 3 fully saturated rings. The van der Waals surface area contributed by atoms with Gasteiger partial charge < -0.3 is 10.6 Å². The average molecular weight is 383 g/mol. The monoisotopic (exact) mass is 382 g/mol. The molecule has 1 unspecified atom stereocenters. The van der Waals surface area contributed by atoms with Crippen LogP contribution in [0.15, 0.2) is 30.3 Å². The highest BCUT2D eigenvalue weighted by Crippen LogP contribution is 2.48. The summed E-state index contributed by atoms with van der Waals surface area (Å²) >= 11 is 0. The van der Waals surface area contributed by atoms with Crippen molar-refractivity contribution in [3.8, 4) is 0 Å². The number of hydrogen-bond donors (Lipinski definition) is 2. The zero-order valence-electron chi connectivity index (χ0n) is 17.9. The molecule has 1 aromatic rings. The molecule has 0 amide bonds. The second-order valence-corrected chi connectivity index (χ2v) is 9.87. The van der Waals surface area contributed by atoms with E-state index in [0.717, 1.165) is 37.4 Å². The Bertz CT molecular complexity index is 553. The number of hydrogen-bond acceptors (Lipinski definition) is 2. The van der Waals surface area contributed by atoms with Gasteiger partial charge in [-0.05, 0) is 74.8 Å². The van der Waals surface area contributed by atoms with E-state index in [4.69, 9.17) is 0 Å². The van der Waals surface area contributed by atoms with Gasteiger partial charge in [-0.3, -0.25) is 0 Å². The van der Waals surface area contributed by atoms with Crippen LogP contribution in [0.4, 0.5) is 0 Å². The largest absolute Gasteiger partial charge is 0.315 e. The molecule has 0 radical (unpaired) electrons. The standard InChI is InChI=1S/C26H42N2/c1-4-10-22(11-5-1)25(23-12-6-2-7-13-23)16-19-27-20-21-28-26(17-18-26)24-14-8-3-9-15-24/h1,4-5,10-11,23-25,27-28H,2-3,6-9,12-21H2. The number of rotatable bonds is 10. The van der Waals surface area contributed by atoms with E-state index >= 15 is 0 Å². The molecule has 3 saturated carbocycles. The predicted molar refractivity (Wildman–Crippen MR) is 120 cm³/mol. The zero-order valence-corrected chi connectivity index (χ0v) is 17.9. The summed E-state index contributed by atoms with van der Waals surface area (Å²) in [6.07, 6.45) is 18.7. The molecular weight excluding hydrogens is 340 g/mol. The minimum Gasteiger partial charge on any atom is -0.315 e. The fourth-order valence-electron chi connectivity index (χ4n) is 6.21. The minimum absolute atomic E-state index is 0.538. The Labute approximate surface area is 173 Å². The summed E-state index contributed by atoms with van der Waals surface area (Å²) in [4.78, 5) is 0. The third-order valence-corrected chi connectivity index (χ3v) is 8.03. The Morgan fingerprint density at radius 2 is 1.46 bits per heavy atom. The molecule has 0 bridgehead atoms. The van der Waals surface area contributed by atoms with Crippen molar-refractivity contribution in [3.63, 3.8) is 0 Å². The fraction of sp³-hybridized carbons (Fsp3) is 0.769. The summed E-state index contributed by atoms with van der Waals surface area (Å²) in [7, 11) is 0. The van der Waals surface area contributed by atoms with Crippen LogP contribution in [0.25, 0.3) is 0 Å². The third kappa shape index (κ3) is 5.39. The molecule has 3 aliphatic rings. The van der Waals surface area contributed by atoms with E-state index in [1.54, 1.807) is 5.56 Å². The van der Waals surface area contributed by atoms with Gasteiger partial charge in [0.1, 0.15) is 0 Å². The van der Waals surface area contributed by atoms with Crippen LogP contribution in [0.2, 0.25) is 0 Å². The van der Waals surface area contributed by atoms with Crippen molar-refractivity contribution in [1.29, 1.82) is 0 Å². The lowest BCUT2D eigenvalue weighted by Gasteiger charge is -2.32. The van der Waals surface area contributed by atoms with E-state index in [0.29, 0.717) is 5.54 Å². The van der Waals surface area contributed by atoms with Crippen molar-refractivity contribution in [3.05, 3.63) is 35.9 Å². The Balaban J connectivity index is 1.18. The molecule has 0 heterocycles. The van der Waals surface area contributed by atoms with E-state index in [-0.39, 0.29) is 0 Å². The van der Waals surface area contributed by atoms with Crippen LogP contribution in [0.3, 0.4) is 0 Å². The highest BCUT2D eigenvalue weighted by Gasteiger charge is 2.48. The average Bonchev–Trinajstić information content (AvgIpc) is 3.56. The Morgan fingerprint density at radius 3 is 2.14 bits per heavy atom. The third-order valence-electron chi connectivity index (χ3n) is 8.03. The molecule has 0 aromatic heterocycles. The second kappa shape index (κ2) is 10.3. The van der Waals surface area contributed by atoms with E-state index < -0.39 is 0 Å². The van der Waals surface area contributed by atoms with Crippen LogP contribution < -0.4 is 10.6 Å². The molecule has 0 saturated heterocycles. The first-order chi connectivity index (χ1) is 13.9. The Kier molecular flexibility index (Phi) is 7.48. The molecule has 3 aliphatic carbocycles. The molecular formula is C26H42N2. The van der Waals surface area contributed by atoms with Crippen LogP contribution in [0.5, 0.6) is 0 Å². The highest BCUT2D eigenvalue weighted by molar-refractivity contribution is 5.20. The molecule has 2 N–H and O–H groups in total. The summed E-state index contributed by atoms with van der Waals surface area (Å²) in [5, 5.41) is 7.73. The Morgan fingerprint density at radius 1 is 0.786 bits per heavy atom. The minimum atomic E-state index is 0.538. The first-order valence-electron chi connectivity index (χ1n) is 12.4. The topological polar surface area (TPSA) is 24.1 Å². The van der Waals surface area contributed by atoms with Crippen molar-refractivity contribution < 1.29 is 0 Å². The van der Waals surface area contributed by atoms with Crippen LogP contribution in [0.1, 0.15) is 95.0 Å². The molecule has 4 rings (SSSR count). The van der Waals surface area contributed by atoms with Crippen molar-refractivity contribution in [2.45, 2.75) is 94.9 Å². The molecule has 2 nitrogen and oxygen atoms in total. The lowest BCUT2D eigenvalue weighted by atomic mass is 9.75. The van der Waals surface area contributed by atoms with Gasteiger partial charge >= 0.3 is 0 Å². The van der Waals surface area contributed by atoms with Crippen LogP contribution in [0, 0.1) is 11.8 Å². The van der Waals surface area contributed by atoms with Gasteiger partial charge in [0.25, 0.3) is 0 Å². The number of nitrogens with one attached hydrogen (secondary N) is 2. The van der Waals surface area contributed by atoms with Crippen molar-refractivity contribution in [2.24, 2.45) is 11.8 Å². The normalized spacial score (nSPS) is 24.1. The van der Waals surface area contributed by atoms with Gasteiger partial charge in [-0.2, -0.15) is 0 Å². The second-order valence-electron chi connectivity index (χ2n) is 9.87. The maximum Gasteiger partial charge on any atom is 0.0211 e. The molecule has 156 valence electrons. The first kappa shape index (κ1) is 20.4. The molecule has 0 spiro atoms. The summed E-state index contributed by atoms with van der Waals surface area (Å²) in [6.45, 7) is 3.44. The van der Waals surface area contributed by atoms with Crippen molar-refractivity contribution in [1.82, 2.24) is 10.6 Å². The van der Waals surface area contributed by atoms with Crippen molar-refractivity contribution in [2.75, 3.05) is 19.6 Å². The van der Waals surface area contributed by atoms with Crippen LogP contribution in [-0.4, -0.2) is 25.2 Å². The SMILES string of the molecule is c1ccc(C(CCNCCNC2(C3CCCCC3)CC2)C2CCCCC2)cc1. The molecule has 2 heteroatoms. The van der Waals surface area contributed by atoms with Gasteiger partial charge in [-0.25, -0.2) is 0 Å². The number of benzene rings is 1. The molecule has 1 aromatic carbocycles. The van der Waals surface area contributed by atoms with E-state index in [1.165, 1.54) is 83.5 Å². The fourth-order valence-corrected chi connectivity index (χ4v) is 6.21. The van der Waals surface area contributed by atoms with Crippen LogP contribution in [-0.2, 0) is 0 Å². The lowest BCUT2D eigenvalue weighted by Crippen LogP contribution is -2.43. The zero-order chi connectivity index (χ0) is 19.1. The highest BCUT2D eigenvalue weighted by atomic mass is 15.1. The molecule has 1 atom stereocenters. The summed E-state index contributed by atoms with van der Waals surface area (Å²) in [5.74, 6) is 2.62. The van der Waals surface area contributed by atoms with Gasteiger partial charge in [0, 0.05) is 18.6 Å². The van der Waals surface area contributed by atoms with Crippen LogP contribution >= 0.6 is 0 Å². The van der Waals surface area contributed by atoms with Gasteiger partial charge in [-0.15, -0.1) is 0 Å². The maximum absolute atomic E-state index is 3.96. The predicted octanol–water partition coefficient (Wildman–Crippen LogP) is 6.03. The molecule has 28 heavy (non-hydrogen) atoms. The van der Waals surface area contributed by atoms with E-state index in [9.17, 15) is 0 Å². The summed E-state index contributed by atoms with van der Waals surface area (Å²) in [5.41, 5.74) is 2.11. The Hall–Kier alpha value is -0.860.